The van der Waals surface area contributed by atoms with Gasteiger partial charge in [0.2, 0.25) is 30.1 Å². The van der Waals surface area contributed by atoms with E-state index in [1.54, 1.807) is 0 Å². The number of nitrogens with zero attached hydrogens (tertiary/aromatic N) is 3. The lowest BCUT2D eigenvalue weighted by Gasteiger charge is -2.13. The fourth-order valence-electron chi connectivity index (χ4n) is 5.18. The van der Waals surface area contributed by atoms with Crippen molar-refractivity contribution >= 4 is 58.8 Å². The molecule has 6 rings (SSSR count). The van der Waals surface area contributed by atoms with Crippen LogP contribution in [-0.4, -0.2) is 115 Å². The summed E-state index contributed by atoms with van der Waals surface area (Å²) in [5, 5.41) is 8.00. The number of H-pyrrole nitrogens is 3. The first kappa shape index (κ1) is 37.3. The van der Waals surface area contributed by atoms with E-state index in [-0.39, 0.29) is 31.8 Å². The number of carboxylic acid groups (broad SMARTS) is 1. The lowest BCUT2D eigenvalue weighted by atomic mass is 10.4. The molecule has 0 bridgehead atoms. The Labute approximate surface area is 282 Å². The van der Waals surface area contributed by atoms with Crippen LogP contribution in [0.4, 0.5) is 0 Å². The normalized spacial score (nSPS) is 17.8. The lowest BCUT2D eigenvalue weighted by Crippen LogP contribution is -2.27. The van der Waals surface area contributed by atoms with Gasteiger partial charge in [-0.1, -0.05) is 0 Å². The summed E-state index contributed by atoms with van der Waals surface area (Å²) in [5.41, 5.74) is 5.14. The van der Waals surface area contributed by atoms with E-state index in [1.165, 1.54) is 43.6 Å². The predicted octanol–water partition coefficient (Wildman–Crippen LogP) is 1.57. The minimum atomic E-state index is -3.51. The standard InChI is InChI=1S/C9H11ClN2O3S.C9H13N3O3S.C9H12N2O4S/c2*10-9(13)8-5-7(6-11-8)16(14,15)12-3-1-2-4-12;12-9(13)8-5-7(6-10-8)16(14,15)11-3-1-2-4-11/h5-6,11H,1-4H2;5-6,11H,1-4H2,(H2,10,13);5-6,10H,1-4H2,(H,12,13). The van der Waals surface area contributed by atoms with E-state index in [9.17, 15) is 39.6 Å². The van der Waals surface area contributed by atoms with Gasteiger partial charge in [0.25, 0.3) is 11.1 Å². The molecule has 3 aromatic rings. The van der Waals surface area contributed by atoms with Crippen LogP contribution in [0.3, 0.4) is 0 Å². The molecule has 0 saturated carbocycles. The summed E-state index contributed by atoms with van der Waals surface area (Å²) in [4.78, 5) is 40.0. The quantitative estimate of drug-likeness (QED) is 0.197. The van der Waals surface area contributed by atoms with E-state index < -0.39 is 47.2 Å². The summed E-state index contributed by atoms with van der Waals surface area (Å²) in [6, 6.07) is 3.69. The maximum absolute atomic E-state index is 12.0. The van der Waals surface area contributed by atoms with Gasteiger partial charge < -0.3 is 25.8 Å². The average molecular weight is 750 g/mol. The molecule has 0 radical (unpaired) electrons. The summed E-state index contributed by atoms with van der Waals surface area (Å²) < 4.78 is 76.3. The monoisotopic (exact) mass is 749 g/mol. The van der Waals surface area contributed by atoms with Crippen LogP contribution in [0.25, 0.3) is 0 Å². The number of hydrogen-bond acceptors (Lipinski definition) is 9. The summed E-state index contributed by atoms with van der Waals surface area (Å²) in [6.45, 7) is 3.18. The van der Waals surface area contributed by atoms with Crippen LogP contribution in [0, 0.1) is 0 Å². The number of nitrogens with one attached hydrogen (secondary N) is 3. The van der Waals surface area contributed by atoms with Crippen LogP contribution in [0.1, 0.15) is 70.0 Å². The molecule has 0 aromatic carbocycles. The second kappa shape index (κ2) is 15.3. The number of carboxylic acids is 1. The molecule has 21 heteroatoms. The van der Waals surface area contributed by atoms with Gasteiger partial charge in [0.1, 0.15) is 26.1 Å². The van der Waals surface area contributed by atoms with Gasteiger partial charge in [0, 0.05) is 57.9 Å². The third kappa shape index (κ3) is 8.54. The minimum absolute atomic E-state index is 0.0202. The van der Waals surface area contributed by atoms with Crippen LogP contribution in [0.15, 0.2) is 51.5 Å². The highest BCUT2D eigenvalue weighted by Crippen LogP contribution is 2.23. The van der Waals surface area contributed by atoms with Gasteiger partial charge in [-0.25, -0.2) is 30.0 Å². The zero-order valence-electron chi connectivity index (χ0n) is 25.6. The van der Waals surface area contributed by atoms with Crippen LogP contribution in [0.5, 0.6) is 0 Å². The molecule has 6 heterocycles. The Bertz CT molecular complexity index is 1730. The van der Waals surface area contributed by atoms with Gasteiger partial charge in [-0.15, -0.1) is 0 Å². The largest absolute Gasteiger partial charge is 0.477 e. The molecule has 3 saturated heterocycles. The number of amides is 1. The van der Waals surface area contributed by atoms with Gasteiger partial charge in [-0.05, 0) is 68.3 Å². The Kier molecular flexibility index (Phi) is 11.9. The molecule has 3 aliphatic heterocycles. The molecule has 0 unspecified atom stereocenters. The first-order chi connectivity index (χ1) is 22.5. The zero-order valence-corrected chi connectivity index (χ0v) is 28.8. The number of aromatic carboxylic acids is 1. The lowest BCUT2D eigenvalue weighted by molar-refractivity contribution is 0.0690. The van der Waals surface area contributed by atoms with Crippen molar-refractivity contribution in [3.63, 3.8) is 0 Å². The number of carbonyl (C=O) groups excluding carboxylic acids is 2. The predicted molar refractivity (Wildman–Crippen MR) is 172 cm³/mol. The van der Waals surface area contributed by atoms with Crippen molar-refractivity contribution in [2.24, 2.45) is 5.73 Å². The van der Waals surface area contributed by atoms with Gasteiger partial charge in [-0.2, -0.15) is 12.9 Å². The van der Waals surface area contributed by atoms with Crippen molar-refractivity contribution in [3.05, 3.63) is 53.9 Å². The third-order valence-corrected chi connectivity index (χ3v) is 13.6. The minimum Gasteiger partial charge on any atom is -0.477 e. The van der Waals surface area contributed by atoms with E-state index in [4.69, 9.17) is 22.4 Å². The third-order valence-electron chi connectivity index (χ3n) is 7.79. The molecule has 264 valence electrons. The Morgan fingerprint density at radius 1 is 0.583 bits per heavy atom. The molecule has 6 N–H and O–H groups in total. The molecule has 0 spiro atoms. The summed E-state index contributed by atoms with van der Waals surface area (Å²) in [7, 11) is -10.4. The van der Waals surface area contributed by atoms with Crippen LogP contribution >= 0.6 is 11.6 Å². The van der Waals surface area contributed by atoms with E-state index in [0.29, 0.717) is 39.3 Å². The van der Waals surface area contributed by atoms with Gasteiger partial charge in [0.05, 0.1) is 5.69 Å². The topological polar surface area (TPSA) is 257 Å². The molecular weight excluding hydrogens is 714 g/mol. The molecule has 3 aromatic heterocycles. The number of primary amides is 1. The molecular formula is C27H36ClN7O10S3. The molecule has 3 fully saturated rings. The first-order valence-corrected chi connectivity index (χ1v) is 19.5. The highest BCUT2D eigenvalue weighted by molar-refractivity contribution is 7.89. The maximum Gasteiger partial charge on any atom is 0.352 e. The number of aromatic nitrogens is 3. The average Bonchev–Trinajstić information content (AvgIpc) is 3.88. The number of rotatable bonds is 9. The molecule has 3 aliphatic rings. The van der Waals surface area contributed by atoms with Crippen molar-refractivity contribution in [2.75, 3.05) is 39.3 Å². The molecule has 48 heavy (non-hydrogen) atoms. The van der Waals surface area contributed by atoms with Crippen LogP contribution in [-0.2, 0) is 30.1 Å². The Hall–Kier alpha value is -3.53. The number of hydrogen-bond donors (Lipinski definition) is 5. The number of halogens is 1. The van der Waals surface area contributed by atoms with Gasteiger partial charge in [0.15, 0.2) is 0 Å². The number of aromatic amines is 3. The fraction of sp³-hybridized carbons (Fsp3) is 0.444. The van der Waals surface area contributed by atoms with Gasteiger partial charge in [-0.3, -0.25) is 9.59 Å². The van der Waals surface area contributed by atoms with E-state index in [0.717, 1.165) is 44.6 Å². The maximum atomic E-state index is 12.0. The molecule has 0 aliphatic carbocycles. The number of nitrogens with two attached hydrogens (primary N) is 1. The Morgan fingerprint density at radius 2 is 0.875 bits per heavy atom. The SMILES string of the molecule is NC(=O)c1cc(S(=O)(=O)N2CCCC2)c[nH]1.O=C(Cl)c1cc(S(=O)(=O)N2CCCC2)c[nH]1.O=C(O)c1cc(S(=O)(=O)N2CCCC2)c[nH]1. The fourth-order valence-corrected chi connectivity index (χ4v) is 9.83. The van der Waals surface area contributed by atoms with E-state index >= 15 is 0 Å². The Morgan fingerprint density at radius 3 is 1.12 bits per heavy atom. The molecule has 17 nitrogen and oxygen atoms in total. The van der Waals surface area contributed by atoms with Crippen LogP contribution in [0.2, 0.25) is 0 Å². The van der Waals surface area contributed by atoms with Crippen molar-refractivity contribution < 1.29 is 44.7 Å². The first-order valence-electron chi connectivity index (χ1n) is 14.8. The molecule has 0 atom stereocenters. The number of sulfonamides is 3. The zero-order chi connectivity index (χ0) is 35.3. The summed E-state index contributed by atoms with van der Waals surface area (Å²) in [5.74, 6) is -1.83. The Balaban J connectivity index is 0.000000163. The molecule has 1 amide bonds. The summed E-state index contributed by atoms with van der Waals surface area (Å²) >= 11 is 5.25. The van der Waals surface area contributed by atoms with Crippen molar-refractivity contribution in [1.82, 2.24) is 27.9 Å². The van der Waals surface area contributed by atoms with Crippen molar-refractivity contribution in [3.8, 4) is 0 Å². The smallest absolute Gasteiger partial charge is 0.352 e. The van der Waals surface area contributed by atoms with Crippen molar-refractivity contribution in [2.45, 2.75) is 53.2 Å². The van der Waals surface area contributed by atoms with E-state index in [2.05, 4.69) is 15.0 Å². The highest BCUT2D eigenvalue weighted by Gasteiger charge is 2.30. The highest BCUT2D eigenvalue weighted by atomic mass is 35.5. The van der Waals surface area contributed by atoms with Crippen molar-refractivity contribution in [1.29, 1.82) is 0 Å². The van der Waals surface area contributed by atoms with Gasteiger partial charge >= 0.3 is 5.97 Å². The second-order valence-electron chi connectivity index (χ2n) is 11.0. The van der Waals surface area contributed by atoms with Crippen LogP contribution < -0.4 is 5.73 Å². The summed E-state index contributed by atoms with van der Waals surface area (Å²) in [6.07, 6.45) is 9.05. The second-order valence-corrected chi connectivity index (χ2v) is 17.2. The number of carbonyl (C=O) groups is 3. The van der Waals surface area contributed by atoms with E-state index in [1.807, 2.05) is 0 Å².